The maximum atomic E-state index is 12.0. The van der Waals surface area contributed by atoms with Crippen molar-refractivity contribution in [1.29, 1.82) is 0 Å². The molecule has 0 bridgehead atoms. The number of benzene rings is 1. The molecule has 0 amide bonds. The lowest BCUT2D eigenvalue weighted by Gasteiger charge is -2.19. The molecule has 0 spiro atoms. The fourth-order valence-corrected chi connectivity index (χ4v) is 2.36. The molecule has 0 aliphatic heterocycles. The van der Waals surface area contributed by atoms with Gasteiger partial charge in [-0.15, -0.1) is 0 Å². The van der Waals surface area contributed by atoms with Crippen LogP contribution < -0.4 is 5.32 Å². The van der Waals surface area contributed by atoms with Crippen LogP contribution in [0.2, 0.25) is 0 Å². The Kier molecular flexibility index (Phi) is 8.47. The molecule has 1 rings (SSSR count). The van der Waals surface area contributed by atoms with Gasteiger partial charge in [0, 0.05) is 12.6 Å². The minimum Gasteiger partial charge on any atom is -0.375 e. The third kappa shape index (κ3) is 7.53. The lowest BCUT2D eigenvalue weighted by Crippen LogP contribution is -2.22. The van der Waals surface area contributed by atoms with E-state index in [1.807, 2.05) is 6.92 Å². The summed E-state index contributed by atoms with van der Waals surface area (Å²) in [5, 5.41) is 3.38. The zero-order chi connectivity index (χ0) is 15.7. The number of alkyl halides is 2. The van der Waals surface area contributed by atoms with Gasteiger partial charge < -0.3 is 10.1 Å². The van der Waals surface area contributed by atoms with E-state index in [4.69, 9.17) is 4.74 Å². The van der Waals surface area contributed by atoms with Crippen LogP contribution in [0.15, 0.2) is 24.3 Å². The quantitative estimate of drug-likeness (QED) is 0.654. The van der Waals surface area contributed by atoms with Gasteiger partial charge in [0.1, 0.15) is 6.61 Å². The molecule has 1 aromatic carbocycles. The third-order valence-electron chi connectivity index (χ3n) is 3.27. The van der Waals surface area contributed by atoms with E-state index in [9.17, 15) is 8.78 Å². The maximum absolute atomic E-state index is 12.0. The summed E-state index contributed by atoms with van der Waals surface area (Å²) in [6.45, 7) is 7.15. The van der Waals surface area contributed by atoms with Crippen molar-refractivity contribution in [2.24, 2.45) is 5.92 Å². The third-order valence-corrected chi connectivity index (χ3v) is 3.27. The lowest BCUT2D eigenvalue weighted by atomic mass is 9.98. The van der Waals surface area contributed by atoms with Crippen LogP contribution in [0, 0.1) is 5.92 Å². The molecule has 2 nitrogen and oxygen atoms in total. The molecule has 1 atom stereocenters. The Hall–Kier alpha value is -1.00. The molecule has 0 heterocycles. The van der Waals surface area contributed by atoms with Crippen LogP contribution in [0.25, 0.3) is 0 Å². The van der Waals surface area contributed by atoms with Crippen molar-refractivity contribution in [2.45, 2.75) is 46.1 Å². The molecule has 0 saturated carbocycles. The summed E-state index contributed by atoms with van der Waals surface area (Å²) in [6.07, 6.45) is -0.619. The fourth-order valence-electron chi connectivity index (χ4n) is 2.36. The van der Waals surface area contributed by atoms with Gasteiger partial charge in [-0.25, -0.2) is 8.78 Å². The first-order valence-electron chi connectivity index (χ1n) is 7.71. The second-order valence-corrected chi connectivity index (χ2v) is 5.70. The molecule has 4 heteroatoms. The van der Waals surface area contributed by atoms with E-state index in [1.54, 1.807) is 0 Å². The molecule has 21 heavy (non-hydrogen) atoms. The van der Waals surface area contributed by atoms with Gasteiger partial charge >= 0.3 is 0 Å². The second-order valence-electron chi connectivity index (χ2n) is 5.70. The molecule has 1 unspecified atom stereocenters. The van der Waals surface area contributed by atoms with E-state index in [-0.39, 0.29) is 6.04 Å². The number of halogens is 2. The summed E-state index contributed by atoms with van der Waals surface area (Å²) >= 11 is 0. The molecule has 0 aromatic heterocycles. The zero-order valence-electron chi connectivity index (χ0n) is 13.2. The van der Waals surface area contributed by atoms with E-state index < -0.39 is 13.0 Å². The van der Waals surface area contributed by atoms with Crippen LogP contribution in [-0.2, 0) is 11.2 Å². The van der Waals surface area contributed by atoms with E-state index in [0.29, 0.717) is 18.9 Å². The summed E-state index contributed by atoms with van der Waals surface area (Å²) in [5.41, 5.74) is 2.52. The molecule has 1 N–H and O–H groups in total. The van der Waals surface area contributed by atoms with Crippen LogP contribution in [0.4, 0.5) is 8.78 Å². The SMILES string of the molecule is CCNC(CCOCC(F)F)c1ccc(CC(C)C)cc1. The highest BCUT2D eigenvalue weighted by molar-refractivity contribution is 5.25. The molecule has 120 valence electrons. The lowest BCUT2D eigenvalue weighted by molar-refractivity contribution is 0.0144. The van der Waals surface area contributed by atoms with E-state index in [1.165, 1.54) is 11.1 Å². The van der Waals surface area contributed by atoms with Crippen molar-refractivity contribution in [3.05, 3.63) is 35.4 Å². The van der Waals surface area contributed by atoms with Gasteiger partial charge in [0.05, 0.1) is 0 Å². The predicted octanol–water partition coefficient (Wildman–Crippen LogP) is 4.21. The Balaban J connectivity index is 2.54. The van der Waals surface area contributed by atoms with E-state index in [2.05, 4.69) is 43.4 Å². The van der Waals surface area contributed by atoms with Gasteiger partial charge in [0.25, 0.3) is 6.43 Å². The van der Waals surface area contributed by atoms with Gasteiger partial charge in [0.2, 0.25) is 0 Å². The first-order chi connectivity index (χ1) is 10.0. The minimum atomic E-state index is -2.39. The van der Waals surface area contributed by atoms with Crippen molar-refractivity contribution in [3.8, 4) is 0 Å². The maximum Gasteiger partial charge on any atom is 0.261 e. The average Bonchev–Trinajstić information content (AvgIpc) is 2.42. The van der Waals surface area contributed by atoms with Crippen molar-refractivity contribution in [1.82, 2.24) is 5.32 Å². The van der Waals surface area contributed by atoms with Crippen LogP contribution in [-0.4, -0.2) is 26.2 Å². The summed E-state index contributed by atoms with van der Waals surface area (Å²) in [5.74, 6) is 0.642. The Bertz CT molecular complexity index is 379. The topological polar surface area (TPSA) is 21.3 Å². The summed E-state index contributed by atoms with van der Waals surface area (Å²) < 4.78 is 29.1. The first kappa shape index (κ1) is 18.1. The summed E-state index contributed by atoms with van der Waals surface area (Å²) in [6, 6.07) is 8.70. The Morgan fingerprint density at radius 3 is 2.33 bits per heavy atom. The van der Waals surface area contributed by atoms with Gasteiger partial charge in [-0.2, -0.15) is 0 Å². The normalized spacial score (nSPS) is 13.1. The Morgan fingerprint density at radius 1 is 1.14 bits per heavy atom. The van der Waals surface area contributed by atoms with Gasteiger partial charge in [0.15, 0.2) is 0 Å². The molecule has 0 fully saturated rings. The molecular weight excluding hydrogens is 272 g/mol. The Morgan fingerprint density at radius 2 is 1.81 bits per heavy atom. The Labute approximate surface area is 126 Å². The zero-order valence-corrected chi connectivity index (χ0v) is 13.2. The molecule has 0 aliphatic carbocycles. The summed E-state index contributed by atoms with van der Waals surface area (Å²) in [4.78, 5) is 0. The standard InChI is InChI=1S/C17H27F2NO/c1-4-20-16(9-10-21-12-17(18)19)15-7-5-14(6-8-15)11-13(2)3/h5-8,13,16-17,20H,4,9-12H2,1-3H3. The average molecular weight is 299 g/mol. The van der Waals surface area contributed by atoms with Gasteiger partial charge in [-0.05, 0) is 36.4 Å². The molecule has 0 aliphatic rings. The van der Waals surface area contributed by atoms with Crippen LogP contribution in [0.5, 0.6) is 0 Å². The van der Waals surface area contributed by atoms with Crippen LogP contribution in [0.1, 0.15) is 44.4 Å². The first-order valence-corrected chi connectivity index (χ1v) is 7.71. The van der Waals surface area contributed by atoms with Crippen molar-refractivity contribution >= 4 is 0 Å². The van der Waals surface area contributed by atoms with Gasteiger partial charge in [-0.3, -0.25) is 0 Å². The van der Waals surface area contributed by atoms with Crippen LogP contribution in [0.3, 0.4) is 0 Å². The number of ether oxygens (including phenoxy) is 1. The molecular formula is C17H27F2NO. The summed E-state index contributed by atoms with van der Waals surface area (Å²) in [7, 11) is 0. The van der Waals surface area contributed by atoms with Crippen LogP contribution >= 0.6 is 0 Å². The van der Waals surface area contributed by atoms with E-state index >= 15 is 0 Å². The molecule has 0 saturated heterocycles. The number of hydrogen-bond donors (Lipinski definition) is 1. The molecule has 0 radical (unpaired) electrons. The van der Waals surface area contributed by atoms with Crippen molar-refractivity contribution < 1.29 is 13.5 Å². The van der Waals surface area contributed by atoms with Gasteiger partial charge in [-0.1, -0.05) is 45.0 Å². The highest BCUT2D eigenvalue weighted by Crippen LogP contribution is 2.19. The predicted molar refractivity (Wildman–Crippen MR) is 82.8 cm³/mol. The largest absolute Gasteiger partial charge is 0.375 e. The van der Waals surface area contributed by atoms with Crippen molar-refractivity contribution in [2.75, 3.05) is 19.8 Å². The fraction of sp³-hybridized carbons (Fsp3) is 0.647. The highest BCUT2D eigenvalue weighted by atomic mass is 19.3. The number of hydrogen-bond acceptors (Lipinski definition) is 2. The molecule has 1 aromatic rings. The number of rotatable bonds is 10. The highest BCUT2D eigenvalue weighted by Gasteiger charge is 2.11. The smallest absolute Gasteiger partial charge is 0.261 e. The van der Waals surface area contributed by atoms with Crippen molar-refractivity contribution in [3.63, 3.8) is 0 Å². The monoisotopic (exact) mass is 299 g/mol. The minimum absolute atomic E-state index is 0.153. The van der Waals surface area contributed by atoms with E-state index in [0.717, 1.165) is 13.0 Å². The second kappa shape index (κ2) is 9.85. The number of nitrogens with one attached hydrogen (secondary N) is 1.